The van der Waals surface area contributed by atoms with Crippen LogP contribution in [0, 0.1) is 12.7 Å². The van der Waals surface area contributed by atoms with Crippen LogP contribution in [-0.4, -0.2) is 12.5 Å². The highest BCUT2D eigenvalue weighted by molar-refractivity contribution is 5.98. The van der Waals surface area contributed by atoms with E-state index in [1.54, 1.807) is 12.1 Å². The van der Waals surface area contributed by atoms with Gasteiger partial charge in [0.2, 0.25) is 0 Å². The van der Waals surface area contributed by atoms with Gasteiger partial charge in [-0.2, -0.15) is 0 Å². The van der Waals surface area contributed by atoms with Crippen molar-refractivity contribution in [3.63, 3.8) is 0 Å². The summed E-state index contributed by atoms with van der Waals surface area (Å²) in [5.41, 5.74) is 8.88. The third-order valence-electron chi connectivity index (χ3n) is 4.03. The molecule has 2 aromatic rings. The Morgan fingerprint density at radius 2 is 1.71 bits per heavy atom. The van der Waals surface area contributed by atoms with Gasteiger partial charge in [0.1, 0.15) is 5.82 Å². The van der Waals surface area contributed by atoms with Gasteiger partial charge < -0.3 is 10.6 Å². The number of hydrogen-bond acceptors (Lipinski definition) is 3. The second kappa shape index (κ2) is 4.88. The van der Waals surface area contributed by atoms with Gasteiger partial charge in [-0.15, -0.1) is 0 Å². The van der Waals surface area contributed by atoms with Crippen LogP contribution < -0.4 is 10.6 Å². The zero-order valence-corrected chi connectivity index (χ0v) is 12.2. The standard InChI is InChI=1S/C17H18FN3/c1-12-3-9-15(10-4-12)21-16(19)20-11-17(21,2)13-5-7-14(18)8-6-13/h3-10H,11H2,1-2H3,(H2,19,20). The van der Waals surface area contributed by atoms with Crippen molar-refractivity contribution in [2.45, 2.75) is 19.4 Å². The molecule has 0 aromatic heterocycles. The van der Waals surface area contributed by atoms with Gasteiger partial charge in [0, 0.05) is 5.69 Å². The van der Waals surface area contributed by atoms with E-state index in [-0.39, 0.29) is 5.82 Å². The maximum Gasteiger partial charge on any atom is 0.196 e. The van der Waals surface area contributed by atoms with Crippen LogP contribution in [0.5, 0.6) is 0 Å². The highest BCUT2D eigenvalue weighted by atomic mass is 19.1. The lowest BCUT2D eigenvalue weighted by molar-refractivity contribution is 0.530. The summed E-state index contributed by atoms with van der Waals surface area (Å²) >= 11 is 0. The first-order valence-electron chi connectivity index (χ1n) is 6.93. The van der Waals surface area contributed by atoms with E-state index in [1.165, 1.54) is 17.7 Å². The van der Waals surface area contributed by atoms with Crippen LogP contribution in [0.2, 0.25) is 0 Å². The molecule has 0 spiro atoms. The molecule has 0 fully saturated rings. The first-order chi connectivity index (χ1) is 10.0. The van der Waals surface area contributed by atoms with Gasteiger partial charge in [-0.3, -0.25) is 4.99 Å². The number of nitrogens with zero attached hydrogens (tertiary/aromatic N) is 2. The maximum atomic E-state index is 13.2. The Kier molecular flexibility index (Phi) is 3.16. The van der Waals surface area contributed by atoms with Gasteiger partial charge in [-0.25, -0.2) is 4.39 Å². The monoisotopic (exact) mass is 283 g/mol. The molecule has 1 unspecified atom stereocenters. The van der Waals surface area contributed by atoms with Crippen LogP contribution in [-0.2, 0) is 5.54 Å². The number of aliphatic imine (C=N–C) groups is 1. The van der Waals surface area contributed by atoms with E-state index < -0.39 is 5.54 Å². The van der Waals surface area contributed by atoms with Crippen molar-refractivity contribution in [1.29, 1.82) is 0 Å². The Morgan fingerprint density at radius 3 is 2.33 bits per heavy atom. The summed E-state index contributed by atoms with van der Waals surface area (Å²) in [7, 11) is 0. The van der Waals surface area contributed by atoms with Gasteiger partial charge >= 0.3 is 0 Å². The molecule has 1 heterocycles. The van der Waals surface area contributed by atoms with E-state index in [4.69, 9.17) is 5.73 Å². The summed E-state index contributed by atoms with van der Waals surface area (Å²) < 4.78 is 13.2. The molecule has 1 atom stereocenters. The molecule has 0 bridgehead atoms. The van der Waals surface area contributed by atoms with Crippen molar-refractivity contribution >= 4 is 11.6 Å². The van der Waals surface area contributed by atoms with E-state index >= 15 is 0 Å². The first kappa shape index (κ1) is 13.6. The summed E-state index contributed by atoms with van der Waals surface area (Å²) in [6.07, 6.45) is 0. The van der Waals surface area contributed by atoms with E-state index in [0.29, 0.717) is 12.5 Å². The van der Waals surface area contributed by atoms with Gasteiger partial charge in [-0.1, -0.05) is 29.8 Å². The van der Waals surface area contributed by atoms with E-state index in [1.807, 2.05) is 36.1 Å². The van der Waals surface area contributed by atoms with Crippen LogP contribution in [0.15, 0.2) is 53.5 Å². The van der Waals surface area contributed by atoms with Crippen LogP contribution in [0.3, 0.4) is 0 Å². The van der Waals surface area contributed by atoms with Crippen molar-refractivity contribution in [2.75, 3.05) is 11.4 Å². The molecule has 2 aromatic carbocycles. The number of aryl methyl sites for hydroxylation is 1. The van der Waals surface area contributed by atoms with Gasteiger partial charge in [0.25, 0.3) is 0 Å². The summed E-state index contributed by atoms with van der Waals surface area (Å²) in [6, 6.07) is 14.7. The number of rotatable bonds is 2. The normalized spacial score (nSPS) is 21.5. The summed E-state index contributed by atoms with van der Waals surface area (Å²) in [4.78, 5) is 6.41. The fourth-order valence-corrected chi connectivity index (χ4v) is 2.77. The molecule has 4 heteroatoms. The molecule has 3 rings (SSSR count). The Balaban J connectivity index is 2.05. The predicted octanol–water partition coefficient (Wildman–Crippen LogP) is 3.18. The molecule has 3 nitrogen and oxygen atoms in total. The van der Waals surface area contributed by atoms with Crippen LogP contribution in [0.25, 0.3) is 0 Å². The summed E-state index contributed by atoms with van der Waals surface area (Å²) in [5, 5.41) is 0. The van der Waals surface area contributed by atoms with Crippen molar-refractivity contribution in [2.24, 2.45) is 10.7 Å². The SMILES string of the molecule is Cc1ccc(N2C(N)=NCC2(C)c2ccc(F)cc2)cc1. The minimum Gasteiger partial charge on any atom is -0.369 e. The molecule has 1 aliphatic heterocycles. The Labute approximate surface area is 123 Å². The number of benzene rings is 2. The fraction of sp³-hybridized carbons (Fsp3) is 0.235. The summed E-state index contributed by atoms with van der Waals surface area (Å²) in [6.45, 7) is 4.67. The molecule has 2 N–H and O–H groups in total. The number of halogens is 1. The molecule has 108 valence electrons. The smallest absolute Gasteiger partial charge is 0.196 e. The topological polar surface area (TPSA) is 41.6 Å². The molecule has 1 aliphatic rings. The van der Waals surface area contributed by atoms with Crippen LogP contribution >= 0.6 is 0 Å². The quantitative estimate of drug-likeness (QED) is 0.919. The van der Waals surface area contributed by atoms with E-state index in [2.05, 4.69) is 11.9 Å². The van der Waals surface area contributed by atoms with E-state index in [9.17, 15) is 4.39 Å². The second-order valence-electron chi connectivity index (χ2n) is 5.63. The molecule has 0 amide bonds. The third-order valence-corrected chi connectivity index (χ3v) is 4.03. The van der Waals surface area contributed by atoms with Crippen molar-refractivity contribution in [3.8, 4) is 0 Å². The molecular weight excluding hydrogens is 265 g/mol. The lowest BCUT2D eigenvalue weighted by Gasteiger charge is -2.36. The van der Waals surface area contributed by atoms with Crippen molar-refractivity contribution < 1.29 is 4.39 Å². The van der Waals surface area contributed by atoms with Crippen LogP contribution in [0.1, 0.15) is 18.1 Å². The highest BCUT2D eigenvalue weighted by Gasteiger charge is 2.40. The predicted molar refractivity (Wildman–Crippen MR) is 83.9 cm³/mol. The minimum absolute atomic E-state index is 0.240. The number of nitrogens with two attached hydrogens (primary N) is 1. The van der Waals surface area contributed by atoms with Crippen LogP contribution in [0.4, 0.5) is 10.1 Å². The second-order valence-corrected chi connectivity index (χ2v) is 5.63. The Hall–Kier alpha value is -2.36. The lowest BCUT2D eigenvalue weighted by Crippen LogP contribution is -2.47. The van der Waals surface area contributed by atoms with Gasteiger partial charge in [0.15, 0.2) is 5.96 Å². The first-order valence-corrected chi connectivity index (χ1v) is 6.93. The van der Waals surface area contributed by atoms with Gasteiger partial charge in [0.05, 0.1) is 12.1 Å². The summed E-state index contributed by atoms with van der Waals surface area (Å²) in [5.74, 6) is 0.252. The molecular formula is C17H18FN3. The fourth-order valence-electron chi connectivity index (χ4n) is 2.77. The maximum absolute atomic E-state index is 13.2. The zero-order valence-electron chi connectivity index (χ0n) is 12.2. The van der Waals surface area contributed by atoms with Gasteiger partial charge in [-0.05, 0) is 43.7 Å². The zero-order chi connectivity index (χ0) is 15.0. The average molecular weight is 283 g/mol. The Morgan fingerprint density at radius 1 is 1.10 bits per heavy atom. The van der Waals surface area contributed by atoms with Crippen molar-refractivity contribution in [3.05, 3.63) is 65.5 Å². The average Bonchev–Trinajstić information content (AvgIpc) is 2.78. The number of hydrogen-bond donors (Lipinski definition) is 1. The lowest BCUT2D eigenvalue weighted by atomic mass is 9.90. The van der Waals surface area contributed by atoms with E-state index in [0.717, 1.165) is 11.3 Å². The minimum atomic E-state index is -0.396. The van der Waals surface area contributed by atoms with Crippen molar-refractivity contribution in [1.82, 2.24) is 0 Å². The molecule has 0 saturated heterocycles. The molecule has 0 aliphatic carbocycles. The number of guanidine groups is 1. The largest absolute Gasteiger partial charge is 0.369 e. The highest BCUT2D eigenvalue weighted by Crippen LogP contribution is 2.36. The Bertz CT molecular complexity index is 676. The number of anilines is 1. The third kappa shape index (κ3) is 2.27. The molecule has 0 saturated carbocycles. The molecule has 21 heavy (non-hydrogen) atoms. The molecule has 0 radical (unpaired) electrons.